The lowest BCUT2D eigenvalue weighted by atomic mass is 10.2. The molecule has 1 rings (SSSR count). The van der Waals surface area contributed by atoms with Crippen LogP contribution in [0.15, 0.2) is 11.8 Å². The lowest BCUT2D eigenvalue weighted by Crippen LogP contribution is -2.02. The molecule has 0 fully saturated rings. The van der Waals surface area contributed by atoms with Gasteiger partial charge in [0.15, 0.2) is 6.20 Å². The summed E-state index contributed by atoms with van der Waals surface area (Å²) < 4.78 is 2.30. The zero-order valence-electron chi connectivity index (χ0n) is 6.93. The molecule has 0 amide bonds. The van der Waals surface area contributed by atoms with Gasteiger partial charge in [0.2, 0.25) is 0 Å². The Kier molecular flexibility index (Phi) is 2.67. The van der Waals surface area contributed by atoms with Crippen molar-refractivity contribution in [2.24, 2.45) is 0 Å². The summed E-state index contributed by atoms with van der Waals surface area (Å²) in [6.07, 6.45) is 8.18. The molecule has 1 aliphatic heterocycles. The molecule has 0 saturated heterocycles. The third-order valence-electron chi connectivity index (χ3n) is 1.87. The largest absolute Gasteiger partial charge is 0.209 e. The second kappa shape index (κ2) is 3.55. The highest BCUT2D eigenvalue weighted by Crippen LogP contribution is 2.09. The quantitative estimate of drug-likeness (QED) is 0.526. The van der Waals surface area contributed by atoms with Gasteiger partial charge in [0.05, 0.1) is 6.42 Å². The summed E-state index contributed by atoms with van der Waals surface area (Å²) in [6, 6.07) is 0. The minimum Gasteiger partial charge on any atom is -0.209 e. The molecule has 10 heavy (non-hydrogen) atoms. The van der Waals surface area contributed by atoms with Gasteiger partial charge in [0.25, 0.3) is 0 Å². The van der Waals surface area contributed by atoms with E-state index in [4.69, 9.17) is 0 Å². The summed E-state index contributed by atoms with van der Waals surface area (Å²) in [5, 5.41) is 0. The SMILES string of the molecule is CCC[N+]1=CCC(CC)=C1. The van der Waals surface area contributed by atoms with E-state index in [9.17, 15) is 0 Å². The lowest BCUT2D eigenvalue weighted by molar-refractivity contribution is -0.449. The first-order valence-corrected chi connectivity index (χ1v) is 4.15. The molecule has 0 atom stereocenters. The third-order valence-corrected chi connectivity index (χ3v) is 1.87. The molecule has 0 unspecified atom stereocenters. The standard InChI is InChI=1S/C9H16N/c1-3-6-10-7-5-9(4-2)8-10/h7-8H,3-6H2,1-2H3/q+1. The summed E-state index contributed by atoms with van der Waals surface area (Å²) in [6.45, 7) is 5.62. The summed E-state index contributed by atoms with van der Waals surface area (Å²) >= 11 is 0. The van der Waals surface area contributed by atoms with Gasteiger partial charge in [-0.1, -0.05) is 13.8 Å². The molecule has 0 saturated carbocycles. The zero-order chi connectivity index (χ0) is 7.40. The van der Waals surface area contributed by atoms with Crippen LogP contribution in [0.1, 0.15) is 33.1 Å². The first-order valence-electron chi connectivity index (χ1n) is 4.15. The fraction of sp³-hybridized carbons (Fsp3) is 0.667. The van der Waals surface area contributed by atoms with Crippen LogP contribution in [0.5, 0.6) is 0 Å². The second-order valence-corrected chi connectivity index (χ2v) is 2.77. The van der Waals surface area contributed by atoms with Crippen molar-refractivity contribution in [1.29, 1.82) is 0 Å². The van der Waals surface area contributed by atoms with Crippen molar-refractivity contribution in [3.63, 3.8) is 0 Å². The minimum atomic E-state index is 1.18. The van der Waals surface area contributed by atoms with Crippen molar-refractivity contribution < 1.29 is 4.58 Å². The van der Waals surface area contributed by atoms with E-state index in [1.807, 2.05) is 0 Å². The monoisotopic (exact) mass is 138 g/mol. The van der Waals surface area contributed by atoms with Gasteiger partial charge in [0.1, 0.15) is 12.8 Å². The van der Waals surface area contributed by atoms with E-state index < -0.39 is 0 Å². The van der Waals surface area contributed by atoms with Gasteiger partial charge < -0.3 is 0 Å². The molecule has 0 N–H and O–H groups in total. The lowest BCUT2D eigenvalue weighted by Gasteiger charge is -1.88. The molecule has 0 radical (unpaired) electrons. The van der Waals surface area contributed by atoms with E-state index in [1.54, 1.807) is 5.57 Å². The van der Waals surface area contributed by atoms with Crippen molar-refractivity contribution in [1.82, 2.24) is 0 Å². The van der Waals surface area contributed by atoms with E-state index in [0.29, 0.717) is 0 Å². The topological polar surface area (TPSA) is 3.01 Å². The number of rotatable bonds is 3. The summed E-state index contributed by atoms with van der Waals surface area (Å²) in [5.74, 6) is 0. The molecule has 0 aliphatic carbocycles. The Balaban J connectivity index is 2.42. The van der Waals surface area contributed by atoms with E-state index in [1.165, 1.54) is 25.8 Å². The molecule has 0 aromatic carbocycles. The Bertz CT molecular complexity index is 166. The molecular weight excluding hydrogens is 122 g/mol. The maximum atomic E-state index is 2.30. The van der Waals surface area contributed by atoms with Gasteiger partial charge in [-0.25, -0.2) is 4.58 Å². The average molecular weight is 138 g/mol. The van der Waals surface area contributed by atoms with Gasteiger partial charge in [-0.3, -0.25) is 0 Å². The fourth-order valence-corrected chi connectivity index (χ4v) is 1.22. The van der Waals surface area contributed by atoms with E-state index in [0.717, 1.165) is 0 Å². The maximum absolute atomic E-state index is 2.30. The molecule has 0 bridgehead atoms. The first-order chi connectivity index (χ1) is 4.86. The highest BCUT2D eigenvalue weighted by Gasteiger charge is 2.09. The van der Waals surface area contributed by atoms with Crippen LogP contribution >= 0.6 is 0 Å². The fourth-order valence-electron chi connectivity index (χ4n) is 1.22. The molecule has 1 nitrogen and oxygen atoms in total. The van der Waals surface area contributed by atoms with Crippen LogP contribution in [0, 0.1) is 0 Å². The van der Waals surface area contributed by atoms with Crippen LogP contribution in [-0.2, 0) is 0 Å². The summed E-state index contributed by atoms with van der Waals surface area (Å²) in [4.78, 5) is 0. The predicted molar refractivity (Wildman–Crippen MR) is 44.5 cm³/mol. The zero-order valence-corrected chi connectivity index (χ0v) is 6.93. The number of allylic oxidation sites excluding steroid dienone is 1. The van der Waals surface area contributed by atoms with Crippen molar-refractivity contribution in [2.45, 2.75) is 33.1 Å². The summed E-state index contributed by atoms with van der Waals surface area (Å²) in [5.41, 5.74) is 1.56. The molecule has 56 valence electrons. The first kappa shape index (κ1) is 7.52. The second-order valence-electron chi connectivity index (χ2n) is 2.77. The predicted octanol–water partition coefficient (Wildman–Crippen LogP) is 2.18. The smallest absolute Gasteiger partial charge is 0.168 e. The highest BCUT2D eigenvalue weighted by atomic mass is 15.0. The van der Waals surface area contributed by atoms with Crippen molar-refractivity contribution in [3.8, 4) is 0 Å². The highest BCUT2D eigenvalue weighted by molar-refractivity contribution is 5.58. The molecule has 1 heteroatoms. The molecular formula is C9H16N+. The van der Waals surface area contributed by atoms with Crippen LogP contribution in [0.2, 0.25) is 0 Å². The molecule has 0 spiro atoms. The van der Waals surface area contributed by atoms with Gasteiger partial charge in [0, 0.05) is 12.0 Å². The molecule has 1 heterocycles. The normalized spacial score (nSPS) is 17.0. The van der Waals surface area contributed by atoms with Crippen LogP contribution in [0.3, 0.4) is 0 Å². The Hall–Kier alpha value is -0.590. The van der Waals surface area contributed by atoms with Crippen molar-refractivity contribution >= 4 is 6.21 Å². The number of nitrogens with zero attached hydrogens (tertiary/aromatic N) is 1. The van der Waals surface area contributed by atoms with Gasteiger partial charge in [-0.05, 0) is 6.42 Å². The van der Waals surface area contributed by atoms with E-state index >= 15 is 0 Å². The van der Waals surface area contributed by atoms with Crippen LogP contribution in [0.4, 0.5) is 0 Å². The van der Waals surface area contributed by atoms with Gasteiger partial charge in [-0.15, -0.1) is 0 Å². The summed E-state index contributed by atoms with van der Waals surface area (Å²) in [7, 11) is 0. The third kappa shape index (κ3) is 1.69. The van der Waals surface area contributed by atoms with Crippen molar-refractivity contribution in [3.05, 3.63) is 11.8 Å². The van der Waals surface area contributed by atoms with Crippen LogP contribution in [-0.4, -0.2) is 17.3 Å². The number of hydrogen-bond acceptors (Lipinski definition) is 0. The Morgan fingerprint density at radius 3 is 2.80 bits per heavy atom. The minimum absolute atomic E-state index is 1.18. The Morgan fingerprint density at radius 1 is 1.50 bits per heavy atom. The average Bonchev–Trinajstić information content (AvgIpc) is 2.37. The molecule has 0 aromatic heterocycles. The van der Waals surface area contributed by atoms with Crippen LogP contribution < -0.4 is 0 Å². The molecule has 1 aliphatic rings. The molecule has 0 aromatic rings. The maximum Gasteiger partial charge on any atom is 0.168 e. The number of hydrogen-bond donors (Lipinski definition) is 0. The van der Waals surface area contributed by atoms with Crippen molar-refractivity contribution in [2.75, 3.05) is 6.54 Å². The Morgan fingerprint density at radius 2 is 2.30 bits per heavy atom. The van der Waals surface area contributed by atoms with Crippen LogP contribution in [0.25, 0.3) is 0 Å². The van der Waals surface area contributed by atoms with Gasteiger partial charge >= 0.3 is 0 Å². The Labute approximate surface area is 63.1 Å². The van der Waals surface area contributed by atoms with Gasteiger partial charge in [-0.2, -0.15) is 0 Å². The van der Waals surface area contributed by atoms with E-state index in [-0.39, 0.29) is 0 Å². The van der Waals surface area contributed by atoms with E-state index in [2.05, 4.69) is 30.8 Å².